The molecule has 3 rings (SSSR count). The lowest BCUT2D eigenvalue weighted by molar-refractivity contribution is -0.142. The monoisotopic (exact) mass is 438 g/mol. The van der Waals surface area contributed by atoms with Crippen LogP contribution in [0.5, 0.6) is 0 Å². The summed E-state index contributed by atoms with van der Waals surface area (Å²) in [6, 6.07) is 10.8. The fourth-order valence-corrected chi connectivity index (χ4v) is 4.06. The van der Waals surface area contributed by atoms with Crippen LogP contribution in [-0.2, 0) is 19.7 Å². The lowest BCUT2D eigenvalue weighted by atomic mass is 9.73. The molecule has 1 aliphatic rings. The van der Waals surface area contributed by atoms with Gasteiger partial charge in [0.1, 0.15) is 5.82 Å². The molecule has 0 radical (unpaired) electrons. The molecular formula is C21H21Cl2FN2O3. The van der Waals surface area contributed by atoms with Crippen LogP contribution in [0, 0.1) is 5.82 Å². The molecule has 1 fully saturated rings. The molecule has 0 saturated carbocycles. The lowest BCUT2D eigenvalue weighted by Gasteiger charge is -2.39. The Bertz CT molecular complexity index is 879. The summed E-state index contributed by atoms with van der Waals surface area (Å²) in [6.45, 7) is 0.654. The van der Waals surface area contributed by atoms with E-state index in [4.69, 9.17) is 27.9 Å². The summed E-state index contributed by atoms with van der Waals surface area (Å²) in [5.74, 6) is -1.00. The maximum Gasteiger partial charge on any atom is 0.244 e. The van der Waals surface area contributed by atoms with E-state index in [-0.39, 0.29) is 18.3 Å². The highest BCUT2D eigenvalue weighted by molar-refractivity contribution is 6.39. The van der Waals surface area contributed by atoms with Gasteiger partial charge in [-0.2, -0.15) is 0 Å². The number of rotatable bonds is 5. The van der Waals surface area contributed by atoms with E-state index in [1.54, 1.807) is 37.4 Å². The van der Waals surface area contributed by atoms with Crippen molar-refractivity contribution in [2.75, 3.05) is 32.1 Å². The summed E-state index contributed by atoms with van der Waals surface area (Å²) < 4.78 is 18.8. The quantitative estimate of drug-likeness (QED) is 0.757. The number of anilines is 1. The number of para-hydroxylation sites is 1. The molecule has 0 aromatic heterocycles. The second-order valence-electron chi connectivity index (χ2n) is 7.01. The topological polar surface area (TPSA) is 58.6 Å². The Morgan fingerprint density at radius 1 is 1.10 bits per heavy atom. The first-order chi connectivity index (χ1) is 13.8. The summed E-state index contributed by atoms with van der Waals surface area (Å²) in [5, 5.41) is 3.28. The van der Waals surface area contributed by atoms with Crippen molar-refractivity contribution in [1.29, 1.82) is 0 Å². The Kier molecular flexibility index (Phi) is 6.77. The van der Waals surface area contributed by atoms with Crippen molar-refractivity contribution in [3.05, 3.63) is 63.9 Å². The van der Waals surface area contributed by atoms with Crippen LogP contribution in [0.2, 0.25) is 10.0 Å². The maximum absolute atomic E-state index is 13.4. The van der Waals surface area contributed by atoms with Gasteiger partial charge in [0.15, 0.2) is 0 Å². The Morgan fingerprint density at radius 3 is 2.28 bits per heavy atom. The molecule has 2 amide bonds. The number of carbonyl (C=O) groups is 2. The number of hydrogen-bond donors (Lipinski definition) is 1. The lowest BCUT2D eigenvalue weighted by Crippen LogP contribution is -2.50. The van der Waals surface area contributed by atoms with Crippen LogP contribution < -0.4 is 5.32 Å². The van der Waals surface area contributed by atoms with Gasteiger partial charge in [0.05, 0.1) is 27.7 Å². The highest BCUT2D eigenvalue weighted by Crippen LogP contribution is 2.37. The predicted molar refractivity (Wildman–Crippen MR) is 111 cm³/mol. The molecule has 0 aliphatic carbocycles. The number of nitrogens with one attached hydrogen (secondary N) is 1. The molecule has 0 bridgehead atoms. The van der Waals surface area contributed by atoms with Crippen molar-refractivity contribution < 1.29 is 18.7 Å². The minimum Gasteiger partial charge on any atom is -0.381 e. The van der Waals surface area contributed by atoms with Gasteiger partial charge in [-0.25, -0.2) is 4.39 Å². The minimum absolute atomic E-state index is 0.176. The van der Waals surface area contributed by atoms with Crippen LogP contribution >= 0.6 is 23.2 Å². The van der Waals surface area contributed by atoms with Crippen LogP contribution in [0.4, 0.5) is 10.1 Å². The van der Waals surface area contributed by atoms with E-state index in [0.717, 1.165) is 0 Å². The molecule has 2 aromatic carbocycles. The molecule has 1 heterocycles. The highest BCUT2D eigenvalue weighted by Gasteiger charge is 2.43. The zero-order valence-electron chi connectivity index (χ0n) is 15.9. The number of benzene rings is 2. The smallest absolute Gasteiger partial charge is 0.244 e. The predicted octanol–water partition coefficient (Wildman–Crippen LogP) is 4.28. The maximum atomic E-state index is 13.4. The summed E-state index contributed by atoms with van der Waals surface area (Å²) >= 11 is 12.2. The van der Waals surface area contributed by atoms with Crippen LogP contribution in [0.3, 0.4) is 0 Å². The average molecular weight is 439 g/mol. The number of likely N-dealkylation sites (N-methyl/N-ethyl adjacent to an activating group) is 1. The molecule has 29 heavy (non-hydrogen) atoms. The van der Waals surface area contributed by atoms with Crippen LogP contribution in [0.1, 0.15) is 18.4 Å². The van der Waals surface area contributed by atoms with E-state index in [1.165, 1.54) is 17.0 Å². The number of nitrogens with zero attached hydrogens (tertiary/aromatic N) is 1. The van der Waals surface area contributed by atoms with Crippen LogP contribution in [-0.4, -0.2) is 43.5 Å². The van der Waals surface area contributed by atoms with Crippen LogP contribution in [0.25, 0.3) is 0 Å². The third-order valence-corrected chi connectivity index (χ3v) is 5.74. The number of amides is 2. The van der Waals surface area contributed by atoms with Gasteiger partial charge < -0.3 is 15.0 Å². The molecule has 0 unspecified atom stereocenters. The third kappa shape index (κ3) is 4.71. The van der Waals surface area contributed by atoms with Gasteiger partial charge in [0.2, 0.25) is 11.8 Å². The number of ether oxygens (including phenoxy) is 1. The Labute approximate surface area is 178 Å². The van der Waals surface area contributed by atoms with E-state index in [0.29, 0.717) is 47.4 Å². The first-order valence-corrected chi connectivity index (χ1v) is 9.92. The van der Waals surface area contributed by atoms with Gasteiger partial charge in [0.25, 0.3) is 0 Å². The van der Waals surface area contributed by atoms with Gasteiger partial charge in [-0.3, -0.25) is 9.59 Å². The summed E-state index contributed by atoms with van der Waals surface area (Å²) in [6.07, 6.45) is 0.916. The summed E-state index contributed by atoms with van der Waals surface area (Å²) in [7, 11) is 1.57. The van der Waals surface area contributed by atoms with Gasteiger partial charge in [-0.05, 0) is 42.7 Å². The van der Waals surface area contributed by atoms with Gasteiger partial charge in [-0.1, -0.05) is 41.4 Å². The van der Waals surface area contributed by atoms with Gasteiger partial charge in [0, 0.05) is 20.3 Å². The van der Waals surface area contributed by atoms with E-state index in [1.807, 2.05) is 0 Å². The molecule has 1 N–H and O–H groups in total. The van der Waals surface area contributed by atoms with E-state index >= 15 is 0 Å². The Hall–Kier alpha value is -2.15. The van der Waals surface area contributed by atoms with Crippen LogP contribution in [0.15, 0.2) is 42.5 Å². The average Bonchev–Trinajstić information content (AvgIpc) is 2.71. The SMILES string of the molecule is CN(CC(=O)Nc1c(Cl)cccc1Cl)C(=O)C1(c2ccc(F)cc2)CCOCC1. The Morgan fingerprint density at radius 2 is 1.69 bits per heavy atom. The largest absolute Gasteiger partial charge is 0.381 e. The van der Waals surface area contributed by atoms with E-state index in [2.05, 4.69) is 5.32 Å². The van der Waals surface area contributed by atoms with Crippen molar-refractivity contribution in [3.63, 3.8) is 0 Å². The molecule has 1 aliphatic heterocycles. The minimum atomic E-state index is -0.858. The van der Waals surface area contributed by atoms with Gasteiger partial charge >= 0.3 is 0 Å². The van der Waals surface area contributed by atoms with Crippen molar-refractivity contribution in [1.82, 2.24) is 4.90 Å². The first kappa shape index (κ1) is 21.6. The molecule has 0 spiro atoms. The first-order valence-electron chi connectivity index (χ1n) is 9.17. The highest BCUT2D eigenvalue weighted by atomic mass is 35.5. The molecule has 154 valence electrons. The normalized spacial score (nSPS) is 15.6. The number of carbonyl (C=O) groups excluding carboxylic acids is 2. The van der Waals surface area contributed by atoms with Crippen molar-refractivity contribution in [2.45, 2.75) is 18.3 Å². The molecule has 0 atom stereocenters. The van der Waals surface area contributed by atoms with Crippen molar-refractivity contribution in [2.24, 2.45) is 0 Å². The second kappa shape index (κ2) is 9.11. The third-order valence-electron chi connectivity index (χ3n) is 5.11. The zero-order valence-corrected chi connectivity index (χ0v) is 17.4. The van der Waals surface area contributed by atoms with Crippen molar-refractivity contribution >= 4 is 40.7 Å². The fraction of sp³-hybridized carbons (Fsp3) is 0.333. The molecule has 1 saturated heterocycles. The summed E-state index contributed by atoms with van der Waals surface area (Å²) in [4.78, 5) is 27.2. The molecular weight excluding hydrogens is 418 g/mol. The number of hydrogen-bond acceptors (Lipinski definition) is 3. The Balaban J connectivity index is 1.77. The zero-order chi connectivity index (χ0) is 21.0. The fourth-order valence-electron chi connectivity index (χ4n) is 3.56. The van der Waals surface area contributed by atoms with Crippen molar-refractivity contribution in [3.8, 4) is 0 Å². The number of halogens is 3. The molecule has 5 nitrogen and oxygen atoms in total. The molecule has 8 heteroatoms. The standard InChI is InChI=1S/C21H21Cl2FN2O3/c1-26(13-18(27)25-19-16(22)3-2-4-17(19)23)20(28)21(9-11-29-12-10-21)14-5-7-15(24)8-6-14/h2-8H,9-13H2,1H3,(H,25,27). The van der Waals surface area contributed by atoms with Gasteiger partial charge in [-0.15, -0.1) is 0 Å². The molecule has 2 aromatic rings. The van der Waals surface area contributed by atoms with E-state index < -0.39 is 11.3 Å². The van der Waals surface area contributed by atoms with E-state index in [9.17, 15) is 14.0 Å². The second-order valence-corrected chi connectivity index (χ2v) is 7.82. The summed E-state index contributed by atoms with van der Waals surface area (Å²) in [5.41, 5.74) is 0.165.